The van der Waals surface area contributed by atoms with Crippen molar-refractivity contribution in [1.29, 1.82) is 0 Å². The van der Waals surface area contributed by atoms with Crippen molar-refractivity contribution in [3.63, 3.8) is 0 Å². The van der Waals surface area contributed by atoms with Crippen molar-refractivity contribution in [2.24, 2.45) is 0 Å². The molecule has 96 valence electrons. The minimum absolute atomic E-state index is 0.295. The maximum Gasteiger partial charge on any atom is 0.347 e. The molecule has 2 heterocycles. The third-order valence-electron chi connectivity index (χ3n) is 2.41. The lowest BCUT2D eigenvalue weighted by Gasteiger charge is -2.00. The predicted octanol–water partition coefficient (Wildman–Crippen LogP) is 1.92. The molecule has 2 rings (SSSR count). The molecule has 0 atom stereocenters. The number of nitrogens with one attached hydrogen (secondary N) is 2. The molecule has 0 saturated carbocycles. The van der Waals surface area contributed by atoms with E-state index in [1.165, 1.54) is 11.3 Å². The minimum Gasteiger partial charge on any atom is -0.477 e. The summed E-state index contributed by atoms with van der Waals surface area (Å²) >= 11 is 1.17. The van der Waals surface area contributed by atoms with E-state index < -0.39 is 5.97 Å². The first kappa shape index (κ1) is 12.6. The lowest BCUT2D eigenvalue weighted by Crippen LogP contribution is -2.03. The summed E-state index contributed by atoms with van der Waals surface area (Å²) in [6.07, 6.45) is 5.29. The molecule has 0 aliphatic rings. The highest BCUT2D eigenvalue weighted by atomic mass is 32.1. The second-order valence-electron chi connectivity index (χ2n) is 3.80. The van der Waals surface area contributed by atoms with Gasteiger partial charge in [0.05, 0.1) is 5.69 Å². The Bertz CT molecular complexity index is 521. The van der Waals surface area contributed by atoms with E-state index in [0.29, 0.717) is 15.7 Å². The number of thiazole rings is 1. The van der Waals surface area contributed by atoms with Crippen molar-refractivity contribution in [1.82, 2.24) is 15.0 Å². The fourth-order valence-electron chi connectivity index (χ4n) is 1.56. The quantitative estimate of drug-likeness (QED) is 0.695. The number of carbonyl (C=O) groups is 1. The molecule has 0 saturated heterocycles. The van der Waals surface area contributed by atoms with E-state index in [1.54, 1.807) is 19.3 Å². The first-order chi connectivity index (χ1) is 8.66. The molecule has 0 unspecified atom stereocenters. The minimum atomic E-state index is -0.923. The molecule has 0 aliphatic heterocycles. The van der Waals surface area contributed by atoms with Gasteiger partial charge in [-0.05, 0) is 13.3 Å². The molecule has 0 amide bonds. The molecular formula is C11H14N4O2S. The Kier molecular flexibility index (Phi) is 3.93. The molecular weight excluding hydrogens is 252 g/mol. The highest BCUT2D eigenvalue weighted by molar-refractivity contribution is 7.17. The number of aromatic carboxylic acids is 1. The second-order valence-corrected chi connectivity index (χ2v) is 4.80. The third-order valence-corrected chi connectivity index (χ3v) is 3.52. The summed E-state index contributed by atoms with van der Waals surface area (Å²) in [5, 5.41) is 12.7. The molecule has 3 N–H and O–H groups in total. The van der Waals surface area contributed by atoms with Gasteiger partial charge in [-0.25, -0.2) is 14.8 Å². The molecule has 6 nitrogen and oxygen atoms in total. The van der Waals surface area contributed by atoms with E-state index in [0.717, 1.165) is 25.2 Å². The van der Waals surface area contributed by atoms with Crippen LogP contribution in [0.5, 0.6) is 0 Å². The summed E-state index contributed by atoms with van der Waals surface area (Å²) in [6, 6.07) is 0. The largest absolute Gasteiger partial charge is 0.477 e. The number of carboxylic acid groups (broad SMARTS) is 1. The van der Waals surface area contributed by atoms with Crippen molar-refractivity contribution in [2.45, 2.75) is 19.8 Å². The highest BCUT2D eigenvalue weighted by Gasteiger charge is 2.13. The molecule has 7 heteroatoms. The molecule has 18 heavy (non-hydrogen) atoms. The summed E-state index contributed by atoms with van der Waals surface area (Å²) in [4.78, 5) is 22.5. The van der Waals surface area contributed by atoms with Crippen LogP contribution in [0.2, 0.25) is 0 Å². The lowest BCUT2D eigenvalue weighted by atomic mass is 10.3. The predicted molar refractivity (Wildman–Crippen MR) is 69.2 cm³/mol. The zero-order chi connectivity index (χ0) is 13.0. The van der Waals surface area contributed by atoms with Crippen LogP contribution in [-0.2, 0) is 6.42 Å². The van der Waals surface area contributed by atoms with Gasteiger partial charge in [-0.1, -0.05) is 11.3 Å². The summed E-state index contributed by atoms with van der Waals surface area (Å²) in [6.45, 7) is 2.45. The standard InChI is InChI=1S/C11H14N4O2S/c1-7-9(10(16)17)18-11(15-7)14-4-2-3-8-12-5-6-13-8/h5-6H,2-4H2,1H3,(H,12,13)(H,14,15)(H,16,17). The van der Waals surface area contributed by atoms with Gasteiger partial charge in [0.2, 0.25) is 0 Å². The van der Waals surface area contributed by atoms with Gasteiger partial charge in [-0.3, -0.25) is 0 Å². The Hall–Kier alpha value is -1.89. The van der Waals surface area contributed by atoms with Gasteiger partial charge in [0.15, 0.2) is 5.13 Å². The number of H-pyrrole nitrogens is 1. The average molecular weight is 266 g/mol. The normalized spacial score (nSPS) is 10.5. The van der Waals surface area contributed by atoms with Crippen LogP contribution >= 0.6 is 11.3 Å². The maximum atomic E-state index is 10.9. The van der Waals surface area contributed by atoms with E-state index in [9.17, 15) is 4.79 Å². The Morgan fingerprint density at radius 2 is 2.44 bits per heavy atom. The van der Waals surface area contributed by atoms with Crippen LogP contribution in [-0.4, -0.2) is 32.6 Å². The van der Waals surface area contributed by atoms with Crippen LogP contribution in [0, 0.1) is 6.92 Å². The number of hydrogen-bond donors (Lipinski definition) is 3. The average Bonchev–Trinajstić information content (AvgIpc) is 2.94. The summed E-state index contributed by atoms with van der Waals surface area (Å²) < 4.78 is 0. The zero-order valence-corrected chi connectivity index (χ0v) is 10.8. The molecule has 2 aromatic heterocycles. The van der Waals surface area contributed by atoms with Crippen LogP contribution in [0.3, 0.4) is 0 Å². The number of nitrogens with zero attached hydrogens (tertiary/aromatic N) is 2. The monoisotopic (exact) mass is 266 g/mol. The molecule has 0 spiro atoms. The molecule has 0 aliphatic carbocycles. The van der Waals surface area contributed by atoms with Crippen molar-refractivity contribution in [2.75, 3.05) is 11.9 Å². The summed E-state index contributed by atoms with van der Waals surface area (Å²) in [5.74, 6) is 0.0342. The Labute approximate surface area is 108 Å². The summed E-state index contributed by atoms with van der Waals surface area (Å²) in [7, 11) is 0. The maximum absolute atomic E-state index is 10.9. The van der Waals surface area contributed by atoms with Gasteiger partial charge >= 0.3 is 5.97 Å². The van der Waals surface area contributed by atoms with E-state index in [1.807, 2.05) is 0 Å². The van der Waals surface area contributed by atoms with E-state index in [-0.39, 0.29) is 0 Å². The molecule has 0 aromatic carbocycles. The van der Waals surface area contributed by atoms with Gasteiger partial charge in [0.25, 0.3) is 0 Å². The fraction of sp³-hybridized carbons (Fsp3) is 0.364. The number of aromatic amines is 1. The lowest BCUT2D eigenvalue weighted by molar-refractivity contribution is 0.0701. The van der Waals surface area contributed by atoms with Crippen molar-refractivity contribution in [3.05, 3.63) is 28.8 Å². The SMILES string of the molecule is Cc1nc(NCCCc2ncc[nH]2)sc1C(=O)O. The van der Waals surface area contributed by atoms with E-state index in [2.05, 4.69) is 20.3 Å². The van der Waals surface area contributed by atoms with E-state index in [4.69, 9.17) is 5.11 Å². The number of imidazole rings is 1. The molecule has 0 bridgehead atoms. The van der Waals surface area contributed by atoms with Crippen molar-refractivity contribution < 1.29 is 9.90 Å². The Morgan fingerprint density at radius 1 is 1.61 bits per heavy atom. The highest BCUT2D eigenvalue weighted by Crippen LogP contribution is 2.22. The number of hydrogen-bond acceptors (Lipinski definition) is 5. The van der Waals surface area contributed by atoms with Crippen molar-refractivity contribution in [3.8, 4) is 0 Å². The summed E-state index contributed by atoms with van der Waals surface area (Å²) in [5.41, 5.74) is 0.557. The topological polar surface area (TPSA) is 90.9 Å². The van der Waals surface area contributed by atoms with Crippen LogP contribution < -0.4 is 5.32 Å². The Morgan fingerprint density at radius 3 is 3.06 bits per heavy atom. The van der Waals surface area contributed by atoms with E-state index >= 15 is 0 Å². The Balaban J connectivity index is 1.80. The number of rotatable bonds is 6. The van der Waals surface area contributed by atoms with Crippen molar-refractivity contribution >= 4 is 22.4 Å². The van der Waals surface area contributed by atoms with Gasteiger partial charge < -0.3 is 15.4 Å². The van der Waals surface area contributed by atoms with Crippen LogP contribution in [0.25, 0.3) is 0 Å². The van der Waals surface area contributed by atoms with Crippen LogP contribution in [0.4, 0.5) is 5.13 Å². The second kappa shape index (κ2) is 5.63. The van der Waals surface area contributed by atoms with Crippen LogP contribution in [0.1, 0.15) is 27.6 Å². The smallest absolute Gasteiger partial charge is 0.347 e. The molecule has 0 radical (unpaired) electrons. The van der Waals surface area contributed by atoms with Gasteiger partial charge in [-0.15, -0.1) is 0 Å². The number of carboxylic acids is 1. The zero-order valence-electron chi connectivity index (χ0n) is 9.93. The third kappa shape index (κ3) is 3.07. The molecule has 0 fully saturated rings. The number of aryl methyl sites for hydroxylation is 2. The number of aromatic nitrogens is 3. The first-order valence-electron chi connectivity index (χ1n) is 5.59. The van der Waals surface area contributed by atoms with Crippen LogP contribution in [0.15, 0.2) is 12.4 Å². The van der Waals surface area contributed by atoms with Gasteiger partial charge in [-0.2, -0.15) is 0 Å². The molecule has 2 aromatic rings. The first-order valence-corrected chi connectivity index (χ1v) is 6.41. The number of anilines is 1. The van der Waals surface area contributed by atoms with Gasteiger partial charge in [0.1, 0.15) is 10.7 Å². The fourth-order valence-corrected chi connectivity index (χ4v) is 2.39. The van der Waals surface area contributed by atoms with Gasteiger partial charge in [0, 0.05) is 25.4 Å².